The minimum atomic E-state index is -0.124. The van der Waals surface area contributed by atoms with Crippen LogP contribution in [0.25, 0.3) is 0 Å². The van der Waals surface area contributed by atoms with E-state index in [-0.39, 0.29) is 16.9 Å². The topological polar surface area (TPSA) is 36.9 Å². The van der Waals surface area contributed by atoms with Crippen LogP contribution < -0.4 is 14.2 Å². The fourth-order valence-corrected chi connectivity index (χ4v) is 5.57. The Morgan fingerprint density at radius 2 is 1.04 bits per heavy atom. The number of hydrogen-bond acceptors (Lipinski definition) is 4. The molecule has 4 nitrogen and oxygen atoms in total. The zero-order valence-electron chi connectivity index (χ0n) is 28.3. The molecule has 0 spiro atoms. The summed E-state index contributed by atoms with van der Waals surface area (Å²) in [6.07, 6.45) is 15.1. The van der Waals surface area contributed by atoms with Gasteiger partial charge in [0.25, 0.3) is 0 Å². The normalized spacial score (nSPS) is 14.8. The molecule has 1 atom stereocenters. The summed E-state index contributed by atoms with van der Waals surface area (Å²) in [6, 6.07) is 25.3. The van der Waals surface area contributed by atoms with Crippen LogP contribution in [-0.4, -0.2) is 32.5 Å². The molecule has 4 heteroatoms. The predicted molar refractivity (Wildman–Crippen MR) is 191 cm³/mol. The van der Waals surface area contributed by atoms with E-state index in [4.69, 9.17) is 18.9 Å². The molecule has 0 radical (unpaired) electrons. The van der Waals surface area contributed by atoms with E-state index in [2.05, 4.69) is 120 Å². The van der Waals surface area contributed by atoms with Crippen LogP contribution in [0.5, 0.6) is 17.2 Å². The van der Waals surface area contributed by atoms with E-state index in [1.54, 1.807) is 0 Å². The van der Waals surface area contributed by atoms with E-state index in [0.717, 1.165) is 56.0 Å². The minimum Gasteiger partial charge on any atom is -0.494 e. The highest BCUT2D eigenvalue weighted by atomic mass is 16.5. The fraction of sp³-hybridized carbons (Fsp3) is 0.381. The zero-order chi connectivity index (χ0) is 32.8. The Bertz CT molecular complexity index is 1430. The van der Waals surface area contributed by atoms with Gasteiger partial charge in [0.2, 0.25) is 0 Å². The summed E-state index contributed by atoms with van der Waals surface area (Å²) in [5.74, 6) is 2.69. The molecule has 0 N–H and O–H groups in total. The number of allylic oxidation sites excluding steroid dienone is 2. The smallest absolute Gasteiger partial charge is 0.119 e. The van der Waals surface area contributed by atoms with Gasteiger partial charge < -0.3 is 18.9 Å². The second kappa shape index (κ2) is 17.1. The minimum absolute atomic E-state index is 0.0848. The van der Waals surface area contributed by atoms with Crippen LogP contribution in [0, 0.1) is 0 Å². The molecular weight excluding hydrogens is 568 g/mol. The van der Waals surface area contributed by atoms with Gasteiger partial charge >= 0.3 is 0 Å². The highest BCUT2D eigenvalue weighted by molar-refractivity contribution is 5.44. The molecule has 0 saturated carbocycles. The Hall–Kier alpha value is -4.02. The summed E-state index contributed by atoms with van der Waals surface area (Å²) in [5.41, 5.74) is 4.87. The molecule has 1 unspecified atom stereocenters. The molecule has 0 saturated heterocycles. The largest absolute Gasteiger partial charge is 0.494 e. The lowest BCUT2D eigenvalue weighted by molar-refractivity contribution is 0.0806. The van der Waals surface area contributed by atoms with E-state index in [1.165, 1.54) is 22.3 Å². The predicted octanol–water partition coefficient (Wildman–Crippen LogP) is 10.3. The van der Waals surface area contributed by atoms with Crippen molar-refractivity contribution in [1.29, 1.82) is 0 Å². The Balaban J connectivity index is 1.14. The summed E-state index contributed by atoms with van der Waals surface area (Å²) in [7, 11) is 0. The van der Waals surface area contributed by atoms with Crippen molar-refractivity contribution in [3.63, 3.8) is 0 Å². The molecule has 3 aromatic rings. The molecule has 0 fully saturated rings. The van der Waals surface area contributed by atoms with Crippen molar-refractivity contribution in [3.8, 4) is 17.2 Å². The van der Waals surface area contributed by atoms with Crippen LogP contribution in [0.4, 0.5) is 0 Å². The van der Waals surface area contributed by atoms with Crippen LogP contribution in [0.1, 0.15) is 76.5 Å². The molecule has 0 amide bonds. The van der Waals surface area contributed by atoms with E-state index < -0.39 is 0 Å². The SMILES string of the molecule is C=CCCOc1ccc(C(C)(C)C2=CCC(OCCCCOc3ccc(C(C)(C)c4ccc(OCCC=C)cc4)cc3)C=C2)cc1. The number of rotatable bonds is 19. The first-order valence-corrected chi connectivity index (χ1v) is 16.7. The highest BCUT2D eigenvalue weighted by Crippen LogP contribution is 2.36. The number of ether oxygens (including phenoxy) is 4. The number of hydrogen-bond donors (Lipinski definition) is 0. The third-order valence-corrected chi connectivity index (χ3v) is 8.83. The van der Waals surface area contributed by atoms with Gasteiger partial charge in [-0.3, -0.25) is 0 Å². The van der Waals surface area contributed by atoms with Crippen LogP contribution in [-0.2, 0) is 15.6 Å². The van der Waals surface area contributed by atoms with Gasteiger partial charge in [0.1, 0.15) is 17.2 Å². The maximum Gasteiger partial charge on any atom is 0.119 e. The van der Waals surface area contributed by atoms with Crippen molar-refractivity contribution in [2.45, 2.75) is 76.7 Å². The van der Waals surface area contributed by atoms with Crippen LogP contribution >= 0.6 is 0 Å². The summed E-state index contributed by atoms with van der Waals surface area (Å²) in [4.78, 5) is 0. The maximum absolute atomic E-state index is 6.17. The van der Waals surface area contributed by atoms with E-state index in [9.17, 15) is 0 Å². The van der Waals surface area contributed by atoms with Gasteiger partial charge in [0.15, 0.2) is 0 Å². The Labute approximate surface area is 277 Å². The first-order valence-electron chi connectivity index (χ1n) is 16.7. The third kappa shape index (κ3) is 9.74. The summed E-state index contributed by atoms with van der Waals surface area (Å²) < 4.78 is 23.7. The fourth-order valence-electron chi connectivity index (χ4n) is 5.57. The first-order chi connectivity index (χ1) is 22.2. The van der Waals surface area contributed by atoms with Crippen LogP contribution in [0.15, 0.2) is 122 Å². The average Bonchev–Trinajstić information content (AvgIpc) is 3.07. The standard InChI is InChI=1S/C42H52O4/c1-7-9-29-43-37-21-13-33(14-22-37)41(3,4)35-17-25-39(26-18-35)45-31-11-12-32-46-40-27-19-36(20-28-40)42(5,6)34-15-23-38(24-16-34)44-30-10-8-2/h7-8,13-27,40H,1-2,9-12,28-32H2,3-6H3. The monoisotopic (exact) mass is 620 g/mol. The lowest BCUT2D eigenvalue weighted by atomic mass is 9.75. The highest BCUT2D eigenvalue weighted by Gasteiger charge is 2.26. The van der Waals surface area contributed by atoms with Crippen molar-refractivity contribution >= 4 is 0 Å². The lowest BCUT2D eigenvalue weighted by Crippen LogP contribution is -2.23. The van der Waals surface area contributed by atoms with E-state index in [1.807, 2.05) is 24.3 Å². The van der Waals surface area contributed by atoms with Crippen LogP contribution in [0.2, 0.25) is 0 Å². The molecular formula is C42H52O4. The first kappa shape index (κ1) is 34.8. The molecule has 1 aliphatic rings. The second-order valence-corrected chi connectivity index (χ2v) is 12.9. The van der Waals surface area contributed by atoms with Crippen molar-refractivity contribution < 1.29 is 18.9 Å². The molecule has 0 heterocycles. The van der Waals surface area contributed by atoms with Gasteiger partial charge in [0.05, 0.1) is 25.9 Å². The number of unbranched alkanes of at least 4 members (excludes halogenated alkanes) is 1. The second-order valence-electron chi connectivity index (χ2n) is 12.9. The molecule has 46 heavy (non-hydrogen) atoms. The molecule has 0 aromatic heterocycles. The molecule has 244 valence electrons. The van der Waals surface area contributed by atoms with Gasteiger partial charge in [-0.1, -0.05) is 94.5 Å². The van der Waals surface area contributed by atoms with Gasteiger partial charge in [0, 0.05) is 17.4 Å². The van der Waals surface area contributed by atoms with E-state index in [0.29, 0.717) is 19.8 Å². The summed E-state index contributed by atoms with van der Waals surface area (Å²) >= 11 is 0. The van der Waals surface area contributed by atoms with Gasteiger partial charge in [-0.05, 0) is 90.8 Å². The van der Waals surface area contributed by atoms with Crippen molar-refractivity contribution in [3.05, 3.63) is 139 Å². The Morgan fingerprint density at radius 3 is 1.48 bits per heavy atom. The van der Waals surface area contributed by atoms with Crippen molar-refractivity contribution in [1.82, 2.24) is 0 Å². The van der Waals surface area contributed by atoms with Gasteiger partial charge in [-0.15, -0.1) is 13.2 Å². The number of benzene rings is 3. The maximum atomic E-state index is 6.17. The molecule has 4 rings (SSSR count). The van der Waals surface area contributed by atoms with Crippen molar-refractivity contribution in [2.24, 2.45) is 0 Å². The van der Waals surface area contributed by atoms with Gasteiger partial charge in [-0.25, -0.2) is 0 Å². The quantitative estimate of drug-likeness (QED) is 0.0987. The molecule has 3 aromatic carbocycles. The summed E-state index contributed by atoms with van der Waals surface area (Å²) in [6.45, 7) is 19.2. The molecule has 0 aliphatic heterocycles. The van der Waals surface area contributed by atoms with Crippen molar-refractivity contribution in [2.75, 3.05) is 26.4 Å². The average molecular weight is 621 g/mol. The van der Waals surface area contributed by atoms with Crippen LogP contribution in [0.3, 0.4) is 0 Å². The lowest BCUT2D eigenvalue weighted by Gasteiger charge is -2.30. The summed E-state index contributed by atoms with van der Waals surface area (Å²) in [5, 5.41) is 0. The molecule has 1 aliphatic carbocycles. The zero-order valence-corrected chi connectivity index (χ0v) is 28.3. The Kier molecular flexibility index (Phi) is 12.9. The third-order valence-electron chi connectivity index (χ3n) is 8.83. The molecule has 0 bridgehead atoms. The van der Waals surface area contributed by atoms with Gasteiger partial charge in [-0.2, -0.15) is 0 Å². The van der Waals surface area contributed by atoms with E-state index >= 15 is 0 Å². The Morgan fingerprint density at radius 1 is 0.609 bits per heavy atom.